The van der Waals surface area contributed by atoms with Gasteiger partial charge in [0.25, 0.3) is 0 Å². The fourth-order valence-corrected chi connectivity index (χ4v) is 1.70. The van der Waals surface area contributed by atoms with Crippen molar-refractivity contribution in [2.24, 2.45) is 0 Å². The summed E-state index contributed by atoms with van der Waals surface area (Å²) in [6.07, 6.45) is -2.68. The van der Waals surface area contributed by atoms with Crippen LogP contribution in [0.2, 0.25) is 0 Å². The van der Waals surface area contributed by atoms with Crippen LogP contribution in [0.5, 0.6) is 0 Å². The molecule has 0 heterocycles. The first-order chi connectivity index (χ1) is 7.91. The van der Waals surface area contributed by atoms with Crippen LogP contribution in [-0.2, 0) is 10.9 Å². The van der Waals surface area contributed by atoms with E-state index in [0.29, 0.717) is 5.56 Å². The number of carbonyl (C=O) groups excluding carboxylic acids is 1. The van der Waals surface area contributed by atoms with Crippen LogP contribution in [0.3, 0.4) is 0 Å². The van der Waals surface area contributed by atoms with Crippen molar-refractivity contribution < 1.29 is 22.7 Å². The minimum Gasteiger partial charge on any atom is -0.465 e. The molecule has 0 radical (unpaired) electrons. The predicted octanol–water partition coefficient (Wildman–Crippen LogP) is 3.37. The van der Waals surface area contributed by atoms with E-state index in [1.165, 1.54) is 6.07 Å². The summed E-state index contributed by atoms with van der Waals surface area (Å²) in [5, 5.41) is 0. The molecule has 17 heavy (non-hydrogen) atoms. The molecule has 1 aromatic carbocycles. The van der Waals surface area contributed by atoms with Crippen molar-refractivity contribution >= 4 is 5.97 Å². The van der Waals surface area contributed by atoms with E-state index in [-0.39, 0.29) is 11.5 Å². The van der Waals surface area contributed by atoms with Gasteiger partial charge in [0.15, 0.2) is 0 Å². The SMILES string of the molecule is COC(=O)c1cc(C2CC2)cc(C(F)(F)F)c1. The normalized spacial score (nSPS) is 15.8. The number of methoxy groups -OCH3 is 1. The molecule has 0 bridgehead atoms. The first kappa shape index (κ1) is 12.0. The second-order valence-corrected chi connectivity index (χ2v) is 4.11. The van der Waals surface area contributed by atoms with Crippen molar-refractivity contribution in [1.82, 2.24) is 0 Å². The van der Waals surface area contributed by atoms with Gasteiger partial charge in [0.05, 0.1) is 18.2 Å². The van der Waals surface area contributed by atoms with Crippen LogP contribution in [0.4, 0.5) is 13.2 Å². The smallest absolute Gasteiger partial charge is 0.416 e. The number of benzene rings is 1. The molecule has 0 aromatic heterocycles. The fourth-order valence-electron chi connectivity index (χ4n) is 1.70. The quantitative estimate of drug-likeness (QED) is 0.745. The molecular weight excluding hydrogens is 233 g/mol. The maximum absolute atomic E-state index is 12.6. The van der Waals surface area contributed by atoms with Gasteiger partial charge in [-0.25, -0.2) is 4.79 Å². The Kier molecular flexibility index (Phi) is 2.85. The molecule has 0 unspecified atom stereocenters. The van der Waals surface area contributed by atoms with Crippen LogP contribution in [0.1, 0.15) is 40.2 Å². The number of esters is 1. The van der Waals surface area contributed by atoms with E-state index < -0.39 is 17.7 Å². The van der Waals surface area contributed by atoms with Gasteiger partial charge in [-0.05, 0) is 42.5 Å². The highest BCUT2D eigenvalue weighted by Gasteiger charge is 2.34. The first-order valence-electron chi connectivity index (χ1n) is 5.22. The number of carbonyl (C=O) groups is 1. The molecule has 0 amide bonds. The van der Waals surface area contributed by atoms with Gasteiger partial charge in [-0.2, -0.15) is 13.2 Å². The van der Waals surface area contributed by atoms with Crippen LogP contribution in [-0.4, -0.2) is 13.1 Å². The largest absolute Gasteiger partial charge is 0.465 e. The number of alkyl halides is 3. The maximum atomic E-state index is 12.6. The molecule has 2 rings (SSSR count). The Morgan fingerprint density at radius 3 is 2.41 bits per heavy atom. The highest BCUT2D eigenvalue weighted by molar-refractivity contribution is 5.89. The first-order valence-corrected chi connectivity index (χ1v) is 5.22. The maximum Gasteiger partial charge on any atom is 0.416 e. The van der Waals surface area contributed by atoms with E-state index in [9.17, 15) is 18.0 Å². The lowest BCUT2D eigenvalue weighted by atomic mass is 10.0. The zero-order valence-corrected chi connectivity index (χ0v) is 9.17. The van der Waals surface area contributed by atoms with Crippen molar-refractivity contribution in [3.05, 3.63) is 34.9 Å². The van der Waals surface area contributed by atoms with Gasteiger partial charge in [-0.3, -0.25) is 0 Å². The fraction of sp³-hybridized carbons (Fsp3) is 0.417. The van der Waals surface area contributed by atoms with Crippen LogP contribution < -0.4 is 0 Å². The van der Waals surface area contributed by atoms with E-state index in [4.69, 9.17) is 0 Å². The van der Waals surface area contributed by atoms with Crippen LogP contribution in [0.15, 0.2) is 18.2 Å². The summed E-state index contributed by atoms with van der Waals surface area (Å²) in [7, 11) is 1.15. The zero-order chi connectivity index (χ0) is 12.6. The third-order valence-electron chi connectivity index (χ3n) is 2.75. The lowest BCUT2D eigenvalue weighted by molar-refractivity contribution is -0.137. The third-order valence-corrected chi connectivity index (χ3v) is 2.75. The molecule has 5 heteroatoms. The summed E-state index contributed by atoms with van der Waals surface area (Å²) in [5.74, 6) is -0.585. The van der Waals surface area contributed by atoms with Gasteiger partial charge in [-0.15, -0.1) is 0 Å². The second-order valence-electron chi connectivity index (χ2n) is 4.11. The van der Waals surface area contributed by atoms with Crippen LogP contribution in [0, 0.1) is 0 Å². The zero-order valence-electron chi connectivity index (χ0n) is 9.17. The Labute approximate surface area is 96.4 Å². The van der Waals surface area contributed by atoms with Crippen molar-refractivity contribution in [2.75, 3.05) is 7.11 Å². The molecule has 0 aliphatic heterocycles. The van der Waals surface area contributed by atoms with Crippen molar-refractivity contribution in [2.45, 2.75) is 24.9 Å². The van der Waals surface area contributed by atoms with Crippen molar-refractivity contribution in [3.63, 3.8) is 0 Å². The van der Waals surface area contributed by atoms with Gasteiger partial charge < -0.3 is 4.74 Å². The Morgan fingerprint density at radius 1 is 1.29 bits per heavy atom. The monoisotopic (exact) mass is 244 g/mol. The van der Waals surface area contributed by atoms with E-state index in [2.05, 4.69) is 4.74 Å². The minimum absolute atomic E-state index is 0.0378. The van der Waals surface area contributed by atoms with Crippen LogP contribution in [0.25, 0.3) is 0 Å². The summed E-state index contributed by atoms with van der Waals surface area (Å²) in [6, 6.07) is 3.43. The van der Waals surface area contributed by atoms with Crippen LogP contribution >= 0.6 is 0 Å². The van der Waals surface area contributed by atoms with Crippen molar-refractivity contribution in [1.29, 1.82) is 0 Å². The molecule has 0 N–H and O–H groups in total. The lowest BCUT2D eigenvalue weighted by Gasteiger charge is -2.11. The molecular formula is C12H11F3O2. The van der Waals surface area contributed by atoms with E-state index >= 15 is 0 Å². The standard InChI is InChI=1S/C12H11F3O2/c1-17-11(16)9-4-8(7-2-3-7)5-10(6-9)12(13,14)15/h4-7H,2-3H2,1H3. The summed E-state index contributed by atoms with van der Waals surface area (Å²) in [5.41, 5.74) is -0.258. The molecule has 2 nitrogen and oxygen atoms in total. The number of ether oxygens (including phenoxy) is 1. The molecule has 1 aromatic rings. The Bertz CT molecular complexity index is 448. The van der Waals surface area contributed by atoms with Gasteiger partial charge in [0.2, 0.25) is 0 Å². The molecule has 1 saturated carbocycles. The Balaban J connectivity index is 2.46. The Morgan fingerprint density at radius 2 is 1.94 bits per heavy atom. The minimum atomic E-state index is -4.44. The van der Waals surface area contributed by atoms with Crippen molar-refractivity contribution in [3.8, 4) is 0 Å². The van der Waals surface area contributed by atoms with E-state index in [0.717, 1.165) is 32.1 Å². The van der Waals surface area contributed by atoms with E-state index in [1.807, 2.05) is 0 Å². The van der Waals surface area contributed by atoms with Gasteiger partial charge in [0, 0.05) is 0 Å². The number of hydrogen-bond donors (Lipinski definition) is 0. The average molecular weight is 244 g/mol. The number of rotatable bonds is 2. The van der Waals surface area contributed by atoms with Gasteiger partial charge >= 0.3 is 12.1 Å². The summed E-state index contributed by atoms with van der Waals surface area (Å²) < 4.78 is 42.4. The molecule has 0 spiro atoms. The topological polar surface area (TPSA) is 26.3 Å². The second kappa shape index (κ2) is 4.05. The average Bonchev–Trinajstić information content (AvgIpc) is 3.10. The van der Waals surface area contributed by atoms with Gasteiger partial charge in [0.1, 0.15) is 0 Å². The highest BCUT2D eigenvalue weighted by Crippen LogP contribution is 2.42. The summed E-state index contributed by atoms with van der Waals surface area (Å²) in [4.78, 5) is 11.3. The van der Waals surface area contributed by atoms with E-state index in [1.54, 1.807) is 0 Å². The summed E-state index contributed by atoms with van der Waals surface area (Å²) >= 11 is 0. The molecule has 92 valence electrons. The summed E-state index contributed by atoms with van der Waals surface area (Å²) in [6.45, 7) is 0. The molecule has 0 atom stereocenters. The molecule has 1 fully saturated rings. The predicted molar refractivity (Wildman–Crippen MR) is 54.8 cm³/mol. The highest BCUT2D eigenvalue weighted by atomic mass is 19.4. The third kappa shape index (κ3) is 2.60. The molecule has 1 aliphatic carbocycles. The molecule has 0 saturated heterocycles. The lowest BCUT2D eigenvalue weighted by Crippen LogP contribution is -2.09. The number of hydrogen-bond acceptors (Lipinski definition) is 2. The van der Waals surface area contributed by atoms with Gasteiger partial charge in [-0.1, -0.05) is 0 Å². The number of halogens is 3. The Hall–Kier alpha value is -1.52. The molecule has 1 aliphatic rings.